The van der Waals surface area contributed by atoms with Gasteiger partial charge in [0.25, 0.3) is 0 Å². The zero-order valence-electron chi connectivity index (χ0n) is 8.39. The zero-order chi connectivity index (χ0) is 10.4. The van der Waals surface area contributed by atoms with Crippen molar-refractivity contribution in [2.24, 2.45) is 0 Å². The predicted octanol–water partition coefficient (Wildman–Crippen LogP) is 1.20. The number of aryl methyl sites for hydroxylation is 1. The molecule has 15 heavy (non-hydrogen) atoms. The highest BCUT2D eigenvalue weighted by atomic mass is 19.1. The molecule has 1 aliphatic rings. The smallest absolute Gasteiger partial charge is 0.157 e. The van der Waals surface area contributed by atoms with E-state index in [9.17, 15) is 4.39 Å². The molecule has 0 atom stereocenters. The molecule has 5 heteroatoms. The average molecular weight is 206 g/mol. The lowest BCUT2D eigenvalue weighted by Crippen LogP contribution is -2.49. The van der Waals surface area contributed by atoms with Gasteiger partial charge in [-0.05, 0) is 6.92 Å². The van der Waals surface area contributed by atoms with Crippen molar-refractivity contribution in [3.63, 3.8) is 0 Å². The van der Waals surface area contributed by atoms with E-state index in [0.717, 1.165) is 17.2 Å². The Hall–Kier alpha value is -1.65. The fourth-order valence-electron chi connectivity index (χ4n) is 1.86. The Morgan fingerprint density at radius 1 is 1.47 bits per heavy atom. The minimum absolute atomic E-state index is 0.457. The summed E-state index contributed by atoms with van der Waals surface area (Å²) in [6.07, 6.45) is 1.00. The SMILES string of the molecule is Cc1cc(N2CC(F)C2)n2nccc2n1. The lowest BCUT2D eigenvalue weighted by molar-refractivity contribution is 0.272. The Morgan fingerprint density at radius 2 is 2.27 bits per heavy atom. The van der Waals surface area contributed by atoms with Gasteiger partial charge in [-0.1, -0.05) is 0 Å². The van der Waals surface area contributed by atoms with Crippen LogP contribution in [0.3, 0.4) is 0 Å². The van der Waals surface area contributed by atoms with E-state index in [0.29, 0.717) is 13.1 Å². The monoisotopic (exact) mass is 206 g/mol. The minimum Gasteiger partial charge on any atom is -0.350 e. The van der Waals surface area contributed by atoms with Crippen molar-refractivity contribution in [3.8, 4) is 0 Å². The predicted molar refractivity (Wildman–Crippen MR) is 54.8 cm³/mol. The molecule has 0 bridgehead atoms. The van der Waals surface area contributed by atoms with Crippen LogP contribution in [0, 0.1) is 6.92 Å². The van der Waals surface area contributed by atoms with Crippen molar-refractivity contribution in [2.75, 3.05) is 18.0 Å². The summed E-state index contributed by atoms with van der Waals surface area (Å²) >= 11 is 0. The summed E-state index contributed by atoms with van der Waals surface area (Å²) in [5, 5.41) is 4.18. The topological polar surface area (TPSA) is 33.4 Å². The normalized spacial score (nSPS) is 17.1. The number of hydrogen-bond donors (Lipinski definition) is 0. The van der Waals surface area contributed by atoms with E-state index in [2.05, 4.69) is 10.1 Å². The van der Waals surface area contributed by atoms with E-state index in [1.165, 1.54) is 0 Å². The van der Waals surface area contributed by atoms with Gasteiger partial charge in [-0.3, -0.25) is 0 Å². The second kappa shape index (κ2) is 2.92. The van der Waals surface area contributed by atoms with E-state index >= 15 is 0 Å². The van der Waals surface area contributed by atoms with Crippen LogP contribution in [0.1, 0.15) is 5.69 Å². The van der Waals surface area contributed by atoms with Crippen LogP contribution < -0.4 is 4.90 Å². The molecule has 1 saturated heterocycles. The molecule has 1 fully saturated rings. The van der Waals surface area contributed by atoms with Crippen LogP contribution in [0.2, 0.25) is 0 Å². The number of halogens is 1. The van der Waals surface area contributed by atoms with Crippen LogP contribution >= 0.6 is 0 Å². The number of alkyl halides is 1. The Kier molecular flexibility index (Phi) is 1.68. The minimum atomic E-state index is -0.705. The first-order valence-corrected chi connectivity index (χ1v) is 4.94. The van der Waals surface area contributed by atoms with Crippen LogP contribution in [0.5, 0.6) is 0 Å². The Labute approximate surface area is 86.3 Å². The molecule has 3 heterocycles. The Balaban J connectivity index is 2.12. The zero-order valence-corrected chi connectivity index (χ0v) is 8.39. The van der Waals surface area contributed by atoms with Gasteiger partial charge in [-0.15, -0.1) is 0 Å². The van der Waals surface area contributed by atoms with Gasteiger partial charge in [0, 0.05) is 17.8 Å². The molecule has 0 radical (unpaired) electrons. The van der Waals surface area contributed by atoms with Crippen LogP contribution in [0.25, 0.3) is 5.65 Å². The quantitative estimate of drug-likeness (QED) is 0.703. The first-order valence-electron chi connectivity index (χ1n) is 4.94. The molecule has 4 nitrogen and oxygen atoms in total. The van der Waals surface area contributed by atoms with E-state index in [4.69, 9.17) is 0 Å². The number of hydrogen-bond acceptors (Lipinski definition) is 3. The van der Waals surface area contributed by atoms with Gasteiger partial charge >= 0.3 is 0 Å². The fraction of sp³-hybridized carbons (Fsp3) is 0.400. The summed E-state index contributed by atoms with van der Waals surface area (Å²) in [4.78, 5) is 6.31. The summed E-state index contributed by atoms with van der Waals surface area (Å²) in [7, 11) is 0. The summed E-state index contributed by atoms with van der Waals surface area (Å²) in [5.41, 5.74) is 1.74. The van der Waals surface area contributed by atoms with Crippen LogP contribution in [0.15, 0.2) is 18.3 Å². The molecule has 1 aliphatic heterocycles. The molecular weight excluding hydrogens is 195 g/mol. The first kappa shape index (κ1) is 8.64. The molecule has 3 rings (SSSR count). The maximum absolute atomic E-state index is 12.8. The first-order chi connectivity index (χ1) is 7.24. The number of nitrogens with zero attached hydrogens (tertiary/aromatic N) is 4. The maximum Gasteiger partial charge on any atom is 0.157 e. The molecule has 0 unspecified atom stereocenters. The molecule has 2 aromatic heterocycles. The Bertz CT molecular complexity index is 501. The van der Waals surface area contributed by atoms with Crippen molar-refractivity contribution >= 4 is 11.5 Å². The van der Waals surface area contributed by atoms with E-state index in [1.807, 2.05) is 24.0 Å². The highest BCUT2D eigenvalue weighted by molar-refractivity contribution is 5.52. The number of fused-ring (bicyclic) bond motifs is 1. The van der Waals surface area contributed by atoms with Crippen molar-refractivity contribution in [2.45, 2.75) is 13.1 Å². The van der Waals surface area contributed by atoms with Gasteiger partial charge in [0.15, 0.2) is 5.65 Å². The third kappa shape index (κ3) is 1.26. The molecule has 78 valence electrons. The number of aromatic nitrogens is 3. The van der Waals surface area contributed by atoms with Gasteiger partial charge in [-0.2, -0.15) is 9.61 Å². The summed E-state index contributed by atoms with van der Waals surface area (Å²) in [6, 6.07) is 3.79. The van der Waals surface area contributed by atoms with Gasteiger partial charge in [-0.25, -0.2) is 9.37 Å². The highest BCUT2D eigenvalue weighted by Gasteiger charge is 2.28. The van der Waals surface area contributed by atoms with E-state index in [-0.39, 0.29) is 0 Å². The summed E-state index contributed by atoms with van der Waals surface area (Å²) in [5.74, 6) is 0.927. The standard InChI is InChI=1S/C10H11FN4/c1-7-4-10(14-5-8(11)6-14)15-9(13-7)2-3-12-15/h2-4,8H,5-6H2,1H3. The molecule has 0 N–H and O–H groups in total. The van der Waals surface area contributed by atoms with Gasteiger partial charge in [0.2, 0.25) is 0 Å². The van der Waals surface area contributed by atoms with Gasteiger partial charge in [0.05, 0.1) is 19.3 Å². The summed E-state index contributed by atoms with van der Waals surface area (Å²) in [6.45, 7) is 2.85. The van der Waals surface area contributed by atoms with Gasteiger partial charge in [0.1, 0.15) is 12.0 Å². The molecule has 0 aromatic carbocycles. The lowest BCUT2D eigenvalue weighted by atomic mass is 10.2. The number of anilines is 1. The molecule has 0 aliphatic carbocycles. The fourth-order valence-corrected chi connectivity index (χ4v) is 1.86. The molecular formula is C10H11FN4. The largest absolute Gasteiger partial charge is 0.350 e. The third-order valence-corrected chi connectivity index (χ3v) is 2.63. The van der Waals surface area contributed by atoms with E-state index < -0.39 is 6.17 Å². The van der Waals surface area contributed by atoms with Crippen molar-refractivity contribution in [1.82, 2.24) is 14.6 Å². The second-order valence-electron chi connectivity index (χ2n) is 3.86. The Morgan fingerprint density at radius 3 is 3.00 bits per heavy atom. The molecule has 0 amide bonds. The van der Waals surface area contributed by atoms with Crippen molar-refractivity contribution in [3.05, 3.63) is 24.0 Å². The average Bonchev–Trinajstić information content (AvgIpc) is 2.59. The second-order valence-corrected chi connectivity index (χ2v) is 3.86. The lowest BCUT2D eigenvalue weighted by Gasteiger charge is -2.36. The molecule has 2 aromatic rings. The van der Waals surface area contributed by atoms with Crippen molar-refractivity contribution < 1.29 is 4.39 Å². The maximum atomic E-state index is 12.8. The van der Waals surface area contributed by atoms with Crippen LogP contribution in [-0.4, -0.2) is 33.9 Å². The third-order valence-electron chi connectivity index (χ3n) is 2.63. The number of rotatable bonds is 1. The highest BCUT2D eigenvalue weighted by Crippen LogP contribution is 2.23. The van der Waals surface area contributed by atoms with Gasteiger partial charge < -0.3 is 4.90 Å². The van der Waals surface area contributed by atoms with E-state index in [1.54, 1.807) is 10.7 Å². The summed E-state index contributed by atoms with van der Waals surface area (Å²) < 4.78 is 14.5. The van der Waals surface area contributed by atoms with Crippen molar-refractivity contribution in [1.29, 1.82) is 0 Å². The van der Waals surface area contributed by atoms with Crippen LogP contribution in [0.4, 0.5) is 10.2 Å². The molecule has 0 saturated carbocycles. The van der Waals surface area contributed by atoms with Crippen LogP contribution in [-0.2, 0) is 0 Å². The molecule has 0 spiro atoms.